The van der Waals surface area contributed by atoms with E-state index in [1.165, 1.54) is 5.56 Å². The summed E-state index contributed by atoms with van der Waals surface area (Å²) < 4.78 is 22.1. The fourth-order valence-electron chi connectivity index (χ4n) is 4.39. The number of hydrogen-bond acceptors (Lipinski definition) is 5. The smallest absolute Gasteiger partial charge is 0.122 e. The van der Waals surface area contributed by atoms with Gasteiger partial charge in [0.05, 0.1) is 28.4 Å². The Hall–Kier alpha value is -2.40. The normalized spacial score (nSPS) is 13.4. The van der Waals surface area contributed by atoms with Gasteiger partial charge in [0, 0.05) is 18.7 Å². The lowest BCUT2D eigenvalue weighted by Gasteiger charge is -2.39. The van der Waals surface area contributed by atoms with Crippen molar-refractivity contribution in [1.29, 1.82) is 0 Å². The van der Waals surface area contributed by atoms with E-state index in [9.17, 15) is 5.11 Å². The minimum absolute atomic E-state index is 0.156. The Morgan fingerprint density at radius 1 is 0.645 bits per heavy atom. The van der Waals surface area contributed by atoms with Gasteiger partial charge in [0.2, 0.25) is 0 Å². The maximum atomic E-state index is 9.36. The topological polar surface area (TPSA) is 57.2 Å². The summed E-state index contributed by atoms with van der Waals surface area (Å²) in [7, 11) is 6.70. The van der Waals surface area contributed by atoms with Crippen molar-refractivity contribution < 1.29 is 24.1 Å². The van der Waals surface area contributed by atoms with Crippen LogP contribution >= 0.6 is 0 Å². The Labute approximate surface area is 187 Å². The summed E-state index contributed by atoms with van der Waals surface area (Å²) in [6.07, 6.45) is 3.54. The highest BCUT2D eigenvalue weighted by Crippen LogP contribution is 2.45. The van der Waals surface area contributed by atoms with Gasteiger partial charge in [-0.15, -0.1) is 0 Å². The van der Waals surface area contributed by atoms with E-state index < -0.39 is 0 Å². The summed E-state index contributed by atoms with van der Waals surface area (Å²) in [5, 5.41) is 9.36. The van der Waals surface area contributed by atoms with Crippen LogP contribution in [0.3, 0.4) is 0 Å². The first-order valence-corrected chi connectivity index (χ1v) is 10.8. The molecule has 0 spiro atoms. The van der Waals surface area contributed by atoms with Gasteiger partial charge in [-0.1, -0.05) is 27.2 Å². The summed E-state index contributed by atoms with van der Waals surface area (Å²) in [4.78, 5) is 0. The lowest BCUT2D eigenvalue weighted by molar-refractivity contribution is 0.258. The van der Waals surface area contributed by atoms with E-state index in [1.54, 1.807) is 28.4 Å². The van der Waals surface area contributed by atoms with Crippen LogP contribution in [0.1, 0.15) is 57.6 Å². The first kappa shape index (κ1) is 24.9. The highest BCUT2D eigenvalue weighted by Gasteiger charge is 2.36. The predicted molar refractivity (Wildman–Crippen MR) is 125 cm³/mol. The molecule has 0 aromatic heterocycles. The van der Waals surface area contributed by atoms with E-state index in [-0.39, 0.29) is 17.4 Å². The van der Waals surface area contributed by atoms with E-state index in [0.717, 1.165) is 54.2 Å². The molecule has 0 amide bonds. The highest BCUT2D eigenvalue weighted by molar-refractivity contribution is 5.44. The quantitative estimate of drug-likeness (QED) is 0.450. The first-order chi connectivity index (χ1) is 14.7. The maximum Gasteiger partial charge on any atom is 0.122 e. The monoisotopic (exact) mass is 430 g/mol. The number of benzene rings is 2. The Balaban J connectivity index is 2.51. The molecule has 0 saturated carbocycles. The van der Waals surface area contributed by atoms with Crippen molar-refractivity contribution in [1.82, 2.24) is 0 Å². The molecule has 0 aliphatic carbocycles. The number of aliphatic hydroxyl groups is 1. The van der Waals surface area contributed by atoms with Crippen molar-refractivity contribution in [3.05, 3.63) is 47.5 Å². The first-order valence-electron chi connectivity index (χ1n) is 10.8. The Morgan fingerprint density at radius 3 is 1.45 bits per heavy atom. The molecule has 0 heterocycles. The van der Waals surface area contributed by atoms with Crippen LogP contribution < -0.4 is 18.9 Å². The molecule has 2 aromatic carbocycles. The molecule has 0 fully saturated rings. The molecule has 1 atom stereocenters. The van der Waals surface area contributed by atoms with Gasteiger partial charge in [0.15, 0.2) is 0 Å². The predicted octanol–water partition coefficient (Wildman–Crippen LogP) is 5.51. The molecule has 0 aliphatic heterocycles. The van der Waals surface area contributed by atoms with Crippen molar-refractivity contribution in [3.63, 3.8) is 0 Å². The van der Waals surface area contributed by atoms with Crippen LogP contribution in [0.25, 0.3) is 0 Å². The molecule has 172 valence electrons. The van der Waals surface area contributed by atoms with Crippen LogP contribution in [0.4, 0.5) is 0 Å². The molecule has 0 bridgehead atoms. The molecule has 0 saturated heterocycles. The molecular weight excluding hydrogens is 392 g/mol. The van der Waals surface area contributed by atoms with Gasteiger partial charge in [0.25, 0.3) is 0 Å². The Kier molecular flexibility index (Phi) is 8.63. The lowest BCUT2D eigenvalue weighted by Crippen LogP contribution is -2.32. The highest BCUT2D eigenvalue weighted by atomic mass is 16.5. The van der Waals surface area contributed by atoms with Crippen LogP contribution in [-0.4, -0.2) is 40.2 Å². The minimum Gasteiger partial charge on any atom is -0.497 e. The van der Waals surface area contributed by atoms with E-state index >= 15 is 0 Å². The minimum atomic E-state index is -0.161. The van der Waals surface area contributed by atoms with Crippen LogP contribution in [0.2, 0.25) is 0 Å². The molecule has 0 radical (unpaired) electrons. The lowest BCUT2D eigenvalue weighted by atomic mass is 9.65. The molecule has 2 rings (SSSR count). The van der Waals surface area contributed by atoms with Gasteiger partial charge in [-0.25, -0.2) is 0 Å². The van der Waals surface area contributed by atoms with Gasteiger partial charge in [-0.2, -0.15) is 0 Å². The molecular formula is C26H38O5. The average molecular weight is 431 g/mol. The molecule has 0 aliphatic rings. The van der Waals surface area contributed by atoms with Crippen molar-refractivity contribution in [2.24, 2.45) is 0 Å². The molecule has 5 nitrogen and oxygen atoms in total. The summed E-state index contributed by atoms with van der Waals surface area (Å²) in [5.74, 6) is 3.13. The zero-order valence-corrected chi connectivity index (χ0v) is 20.1. The third kappa shape index (κ3) is 6.30. The fourth-order valence-corrected chi connectivity index (χ4v) is 4.39. The van der Waals surface area contributed by atoms with Crippen molar-refractivity contribution in [3.8, 4) is 23.0 Å². The van der Waals surface area contributed by atoms with Gasteiger partial charge < -0.3 is 24.1 Å². The zero-order valence-electron chi connectivity index (χ0n) is 20.1. The molecule has 2 aromatic rings. The van der Waals surface area contributed by atoms with E-state index in [0.29, 0.717) is 0 Å². The Morgan fingerprint density at radius 2 is 1.06 bits per heavy atom. The summed E-state index contributed by atoms with van der Waals surface area (Å²) in [6.45, 7) is 7.00. The van der Waals surface area contributed by atoms with Crippen molar-refractivity contribution in [2.45, 2.75) is 57.3 Å². The summed E-state index contributed by atoms with van der Waals surface area (Å²) >= 11 is 0. The second kappa shape index (κ2) is 10.8. The van der Waals surface area contributed by atoms with E-state index in [2.05, 4.69) is 45.0 Å². The third-order valence-electron chi connectivity index (χ3n) is 6.15. The molecule has 1 unspecified atom stereocenters. The molecule has 31 heavy (non-hydrogen) atoms. The van der Waals surface area contributed by atoms with Crippen molar-refractivity contribution >= 4 is 0 Å². The zero-order chi connectivity index (χ0) is 23.1. The van der Waals surface area contributed by atoms with Crippen LogP contribution in [0.15, 0.2) is 36.4 Å². The van der Waals surface area contributed by atoms with Crippen LogP contribution in [-0.2, 0) is 10.8 Å². The van der Waals surface area contributed by atoms with E-state index in [4.69, 9.17) is 18.9 Å². The largest absolute Gasteiger partial charge is 0.497 e. The van der Waals surface area contributed by atoms with Crippen molar-refractivity contribution in [2.75, 3.05) is 35.0 Å². The summed E-state index contributed by atoms with van der Waals surface area (Å²) in [6, 6.07) is 12.2. The van der Waals surface area contributed by atoms with Gasteiger partial charge >= 0.3 is 0 Å². The van der Waals surface area contributed by atoms with E-state index in [1.807, 2.05) is 12.1 Å². The van der Waals surface area contributed by atoms with Gasteiger partial charge in [0.1, 0.15) is 23.0 Å². The number of unbranched alkanes of at least 4 members (excludes halogenated alkanes) is 1. The molecule has 5 heteroatoms. The van der Waals surface area contributed by atoms with Crippen LogP contribution in [0.5, 0.6) is 23.0 Å². The second-order valence-electron chi connectivity index (χ2n) is 9.00. The Bertz CT molecular complexity index is 801. The van der Waals surface area contributed by atoms with Crippen LogP contribution in [0, 0.1) is 0 Å². The molecule has 1 N–H and O–H groups in total. The number of hydrogen-bond donors (Lipinski definition) is 1. The third-order valence-corrected chi connectivity index (χ3v) is 6.15. The maximum absolute atomic E-state index is 9.36. The number of ether oxygens (including phenoxy) is 4. The van der Waals surface area contributed by atoms with Gasteiger partial charge in [-0.3, -0.25) is 0 Å². The number of rotatable bonds is 12. The summed E-state index contributed by atoms with van der Waals surface area (Å²) in [5.41, 5.74) is 2.01. The standard InChI is InChI=1S/C26H38O5/c1-25(2,19-12-21(28-4)16-22(13-19)29-5)18-26(3,10-8-9-11-27)20-14-23(30-6)17-24(15-20)31-7/h12-17,27H,8-11,18H2,1-7H3. The number of methoxy groups -OCH3 is 4. The van der Waals surface area contributed by atoms with Gasteiger partial charge in [-0.05, 0) is 65.5 Å². The second-order valence-corrected chi connectivity index (χ2v) is 9.00. The number of aliphatic hydroxyl groups excluding tert-OH is 1. The SMILES string of the molecule is COc1cc(OC)cc(C(C)(C)CC(C)(CCCCO)c2cc(OC)cc(OC)c2)c1. The fraction of sp³-hybridized carbons (Fsp3) is 0.538. The average Bonchev–Trinajstić information content (AvgIpc) is 2.78.